The molecule has 29 heavy (non-hydrogen) atoms. The molecule has 146 valence electrons. The number of ether oxygens (including phenoxy) is 1. The molecule has 0 aliphatic heterocycles. The molecular weight excluding hydrogens is 438 g/mol. The molecule has 0 saturated heterocycles. The number of hydrogen-bond acceptors (Lipinski definition) is 5. The maximum Gasteiger partial charge on any atom is 0.271 e. The Kier molecular flexibility index (Phi) is 6.70. The summed E-state index contributed by atoms with van der Waals surface area (Å²) in [6.07, 6.45) is 1.41. The van der Waals surface area contributed by atoms with Crippen LogP contribution in [0.1, 0.15) is 21.5 Å². The molecule has 0 aliphatic rings. The molecule has 0 atom stereocenters. The number of amides is 1. The van der Waals surface area contributed by atoms with Gasteiger partial charge in [0.2, 0.25) is 0 Å². The van der Waals surface area contributed by atoms with E-state index in [1.54, 1.807) is 36.4 Å². The van der Waals surface area contributed by atoms with E-state index in [0.29, 0.717) is 23.5 Å². The van der Waals surface area contributed by atoms with Crippen molar-refractivity contribution in [3.63, 3.8) is 0 Å². The Labute approximate surface area is 175 Å². The average Bonchev–Trinajstić information content (AvgIpc) is 2.74. The summed E-state index contributed by atoms with van der Waals surface area (Å²) in [7, 11) is 0. The van der Waals surface area contributed by atoms with E-state index in [9.17, 15) is 14.9 Å². The van der Waals surface area contributed by atoms with Gasteiger partial charge in [-0.3, -0.25) is 14.9 Å². The number of nitrogens with one attached hydrogen (secondary N) is 1. The second-order valence-corrected chi connectivity index (χ2v) is 6.90. The summed E-state index contributed by atoms with van der Waals surface area (Å²) in [6.45, 7) is 0.429. The molecule has 1 amide bonds. The number of nitro benzene ring substituents is 1. The number of rotatable bonds is 7. The van der Waals surface area contributed by atoms with Crippen molar-refractivity contribution in [3.8, 4) is 5.75 Å². The molecule has 0 unspecified atom stereocenters. The Hall–Kier alpha value is -3.52. The van der Waals surface area contributed by atoms with Crippen LogP contribution in [0, 0.1) is 10.1 Å². The number of nitro groups is 1. The lowest BCUT2D eigenvalue weighted by molar-refractivity contribution is -0.384. The van der Waals surface area contributed by atoms with Gasteiger partial charge in [-0.15, -0.1) is 0 Å². The molecule has 8 heteroatoms. The summed E-state index contributed by atoms with van der Waals surface area (Å²) in [4.78, 5) is 22.3. The first-order valence-corrected chi connectivity index (χ1v) is 9.36. The van der Waals surface area contributed by atoms with Crippen molar-refractivity contribution in [1.29, 1.82) is 0 Å². The first-order valence-electron chi connectivity index (χ1n) is 8.56. The number of nitrogens with zero attached hydrogens (tertiary/aromatic N) is 2. The van der Waals surface area contributed by atoms with Gasteiger partial charge in [-0.2, -0.15) is 5.10 Å². The van der Waals surface area contributed by atoms with Crippen LogP contribution in [-0.2, 0) is 6.61 Å². The molecule has 0 saturated carbocycles. The second kappa shape index (κ2) is 9.61. The Balaban J connectivity index is 1.51. The highest BCUT2D eigenvalue weighted by Crippen LogP contribution is 2.16. The van der Waals surface area contributed by atoms with E-state index in [4.69, 9.17) is 4.74 Å². The molecule has 7 nitrogen and oxygen atoms in total. The Morgan fingerprint density at radius 1 is 1.03 bits per heavy atom. The lowest BCUT2D eigenvalue weighted by Crippen LogP contribution is -2.17. The summed E-state index contributed by atoms with van der Waals surface area (Å²) < 4.78 is 6.71. The molecular formula is C21H16BrN3O4. The Morgan fingerprint density at radius 2 is 1.69 bits per heavy atom. The quantitative estimate of drug-likeness (QED) is 0.318. The first-order chi connectivity index (χ1) is 14.0. The molecule has 0 fully saturated rings. The highest BCUT2D eigenvalue weighted by molar-refractivity contribution is 9.10. The van der Waals surface area contributed by atoms with Gasteiger partial charge in [0.25, 0.3) is 11.6 Å². The van der Waals surface area contributed by atoms with Crippen molar-refractivity contribution in [2.24, 2.45) is 5.10 Å². The van der Waals surface area contributed by atoms with E-state index >= 15 is 0 Å². The van der Waals surface area contributed by atoms with Crippen LogP contribution in [0.2, 0.25) is 0 Å². The molecule has 3 aromatic rings. The number of hydrazone groups is 1. The van der Waals surface area contributed by atoms with Crippen molar-refractivity contribution in [1.82, 2.24) is 5.43 Å². The van der Waals surface area contributed by atoms with Gasteiger partial charge in [-0.05, 0) is 59.7 Å². The zero-order chi connectivity index (χ0) is 20.6. The lowest BCUT2D eigenvalue weighted by Gasteiger charge is -2.07. The van der Waals surface area contributed by atoms with Crippen LogP contribution in [-0.4, -0.2) is 17.0 Å². The smallest absolute Gasteiger partial charge is 0.271 e. The summed E-state index contributed by atoms with van der Waals surface area (Å²) in [5.41, 5.74) is 4.51. The lowest BCUT2D eigenvalue weighted by atomic mass is 10.2. The molecule has 3 aromatic carbocycles. The SMILES string of the molecule is O=C(N/N=C/c1ccc([N+](=O)[O-])cc1)c1ccc(OCc2ccc(Br)cc2)cc1. The first kappa shape index (κ1) is 20.2. The van der Waals surface area contributed by atoms with Crippen LogP contribution in [0.15, 0.2) is 82.4 Å². The van der Waals surface area contributed by atoms with Gasteiger partial charge in [-0.25, -0.2) is 5.43 Å². The van der Waals surface area contributed by atoms with Crippen molar-refractivity contribution in [3.05, 3.63) is 104 Å². The largest absolute Gasteiger partial charge is 0.489 e. The maximum atomic E-state index is 12.1. The summed E-state index contributed by atoms with van der Waals surface area (Å²) >= 11 is 3.39. The summed E-state index contributed by atoms with van der Waals surface area (Å²) in [6, 6.07) is 20.4. The minimum absolute atomic E-state index is 0.00590. The van der Waals surface area contributed by atoms with Gasteiger partial charge in [0, 0.05) is 22.2 Å². The van der Waals surface area contributed by atoms with Crippen LogP contribution < -0.4 is 10.2 Å². The fourth-order valence-electron chi connectivity index (χ4n) is 2.36. The topological polar surface area (TPSA) is 93.8 Å². The second-order valence-electron chi connectivity index (χ2n) is 5.99. The van der Waals surface area contributed by atoms with Crippen molar-refractivity contribution >= 4 is 33.7 Å². The van der Waals surface area contributed by atoms with E-state index in [0.717, 1.165) is 10.0 Å². The standard InChI is InChI=1S/C21H16BrN3O4/c22-18-7-1-16(2-8-18)14-29-20-11-5-17(6-12-20)21(26)24-23-13-15-3-9-19(10-4-15)25(27)28/h1-13H,14H2,(H,24,26)/b23-13+. The Bertz CT molecular complexity index is 1020. The minimum Gasteiger partial charge on any atom is -0.489 e. The fourth-order valence-corrected chi connectivity index (χ4v) is 2.63. The van der Waals surface area contributed by atoms with Crippen molar-refractivity contribution in [2.45, 2.75) is 6.61 Å². The van der Waals surface area contributed by atoms with Gasteiger partial charge in [0.1, 0.15) is 12.4 Å². The molecule has 0 aliphatic carbocycles. The number of halogens is 1. The summed E-state index contributed by atoms with van der Waals surface area (Å²) in [5.74, 6) is 0.279. The average molecular weight is 454 g/mol. The van der Waals surface area contributed by atoms with Crippen molar-refractivity contribution in [2.75, 3.05) is 0 Å². The van der Waals surface area contributed by atoms with Gasteiger partial charge in [-0.1, -0.05) is 28.1 Å². The van der Waals surface area contributed by atoms with E-state index in [1.807, 2.05) is 24.3 Å². The third-order valence-corrected chi connectivity index (χ3v) is 4.45. The van der Waals surface area contributed by atoms with Crippen LogP contribution in [0.5, 0.6) is 5.75 Å². The van der Waals surface area contributed by atoms with Crippen molar-refractivity contribution < 1.29 is 14.5 Å². The Morgan fingerprint density at radius 3 is 2.31 bits per heavy atom. The number of hydrogen-bond donors (Lipinski definition) is 1. The van der Waals surface area contributed by atoms with E-state index in [2.05, 4.69) is 26.5 Å². The van der Waals surface area contributed by atoms with Gasteiger partial charge < -0.3 is 4.74 Å². The maximum absolute atomic E-state index is 12.1. The third-order valence-electron chi connectivity index (χ3n) is 3.92. The minimum atomic E-state index is -0.477. The van der Waals surface area contributed by atoms with Gasteiger partial charge in [0.05, 0.1) is 11.1 Å². The number of carbonyl (C=O) groups is 1. The molecule has 0 heterocycles. The fraction of sp³-hybridized carbons (Fsp3) is 0.0476. The highest BCUT2D eigenvalue weighted by atomic mass is 79.9. The monoisotopic (exact) mass is 453 g/mol. The molecule has 0 aromatic heterocycles. The molecule has 1 N–H and O–H groups in total. The van der Waals surface area contributed by atoms with Gasteiger partial charge in [0.15, 0.2) is 0 Å². The van der Waals surface area contributed by atoms with Crippen LogP contribution in [0.3, 0.4) is 0 Å². The predicted octanol–water partition coefficient (Wildman–Crippen LogP) is 4.70. The molecule has 0 radical (unpaired) electrons. The van der Waals surface area contributed by atoms with Crippen LogP contribution in [0.25, 0.3) is 0 Å². The normalized spacial score (nSPS) is 10.7. The number of carbonyl (C=O) groups excluding carboxylic acids is 1. The van der Waals surface area contributed by atoms with Crippen LogP contribution >= 0.6 is 15.9 Å². The summed E-state index contributed by atoms with van der Waals surface area (Å²) in [5, 5.41) is 14.5. The van der Waals surface area contributed by atoms with E-state index in [-0.39, 0.29) is 11.6 Å². The zero-order valence-corrected chi connectivity index (χ0v) is 16.7. The zero-order valence-electron chi connectivity index (χ0n) is 15.1. The van der Waals surface area contributed by atoms with Gasteiger partial charge >= 0.3 is 0 Å². The van der Waals surface area contributed by atoms with E-state index in [1.165, 1.54) is 18.3 Å². The molecule has 3 rings (SSSR count). The molecule has 0 bridgehead atoms. The number of benzene rings is 3. The predicted molar refractivity (Wildman–Crippen MR) is 113 cm³/mol. The third kappa shape index (κ3) is 5.98. The molecule has 0 spiro atoms. The number of non-ortho nitro benzene ring substituents is 1. The highest BCUT2D eigenvalue weighted by Gasteiger charge is 2.05. The van der Waals surface area contributed by atoms with Crippen LogP contribution in [0.4, 0.5) is 5.69 Å². The van der Waals surface area contributed by atoms with E-state index < -0.39 is 4.92 Å².